The second kappa shape index (κ2) is 9.34. The fourth-order valence-electron chi connectivity index (χ4n) is 2.05. The number of nitrogens with one attached hydrogen (secondary N) is 1. The summed E-state index contributed by atoms with van der Waals surface area (Å²) in [6.45, 7) is 8.94. The maximum absolute atomic E-state index is 12.8. The second-order valence-corrected chi connectivity index (χ2v) is 5.46. The number of pyridine rings is 1. The van der Waals surface area contributed by atoms with E-state index in [4.69, 9.17) is 4.74 Å². The quantitative estimate of drug-likeness (QED) is 0.760. The molecule has 5 nitrogen and oxygen atoms in total. The first kappa shape index (κ1) is 17.4. The minimum Gasteiger partial charge on any atom is -0.383 e. The van der Waals surface area contributed by atoms with Crippen LogP contribution in [0.15, 0.2) is 18.3 Å². The van der Waals surface area contributed by atoms with Gasteiger partial charge in [0.25, 0.3) is 5.91 Å². The standard InChI is InChI=1S/C16H27N3O2/c1-5-8-17-15-14(7-6-9-18-15)16(20)19(10-11-21-4)12-13(2)3/h6-7,9,13H,5,8,10-12H2,1-4H3,(H,17,18). The molecule has 0 aliphatic carbocycles. The molecule has 0 aliphatic rings. The highest BCUT2D eigenvalue weighted by Gasteiger charge is 2.20. The lowest BCUT2D eigenvalue weighted by molar-refractivity contribution is 0.0673. The molecule has 5 heteroatoms. The summed E-state index contributed by atoms with van der Waals surface area (Å²) in [6.07, 6.45) is 2.69. The lowest BCUT2D eigenvalue weighted by Crippen LogP contribution is -2.37. The number of nitrogens with zero attached hydrogens (tertiary/aromatic N) is 2. The van der Waals surface area contributed by atoms with Crippen molar-refractivity contribution in [1.29, 1.82) is 0 Å². The van der Waals surface area contributed by atoms with E-state index in [9.17, 15) is 4.79 Å². The third-order valence-corrected chi connectivity index (χ3v) is 3.02. The zero-order valence-electron chi connectivity index (χ0n) is 13.6. The third kappa shape index (κ3) is 5.71. The first-order valence-electron chi connectivity index (χ1n) is 7.57. The maximum atomic E-state index is 12.8. The van der Waals surface area contributed by atoms with E-state index >= 15 is 0 Å². The van der Waals surface area contributed by atoms with Crippen LogP contribution in [0.5, 0.6) is 0 Å². The first-order valence-corrected chi connectivity index (χ1v) is 7.57. The van der Waals surface area contributed by atoms with Gasteiger partial charge < -0.3 is 15.0 Å². The van der Waals surface area contributed by atoms with E-state index in [-0.39, 0.29) is 5.91 Å². The number of methoxy groups -OCH3 is 1. The van der Waals surface area contributed by atoms with E-state index in [1.54, 1.807) is 19.4 Å². The van der Waals surface area contributed by atoms with Gasteiger partial charge in [0, 0.05) is 32.9 Å². The Kier molecular flexibility index (Phi) is 7.75. The van der Waals surface area contributed by atoms with Crippen molar-refractivity contribution in [3.05, 3.63) is 23.9 Å². The molecule has 1 aromatic heterocycles. The molecular formula is C16H27N3O2. The van der Waals surface area contributed by atoms with Gasteiger partial charge in [-0.15, -0.1) is 0 Å². The number of hydrogen-bond donors (Lipinski definition) is 1. The topological polar surface area (TPSA) is 54.5 Å². The average Bonchev–Trinajstić information content (AvgIpc) is 2.48. The molecule has 0 saturated carbocycles. The van der Waals surface area contributed by atoms with E-state index < -0.39 is 0 Å². The SMILES string of the molecule is CCCNc1ncccc1C(=O)N(CCOC)CC(C)C. The highest BCUT2D eigenvalue weighted by molar-refractivity contribution is 5.98. The smallest absolute Gasteiger partial charge is 0.257 e. The van der Waals surface area contributed by atoms with Crippen molar-refractivity contribution < 1.29 is 9.53 Å². The lowest BCUT2D eigenvalue weighted by atomic mass is 10.1. The Balaban J connectivity index is 2.91. The Morgan fingerprint density at radius 3 is 2.86 bits per heavy atom. The molecule has 0 saturated heterocycles. The Morgan fingerprint density at radius 2 is 2.24 bits per heavy atom. The second-order valence-electron chi connectivity index (χ2n) is 5.46. The van der Waals surface area contributed by atoms with Gasteiger partial charge in [0.1, 0.15) is 5.82 Å². The Labute approximate surface area is 127 Å². The van der Waals surface area contributed by atoms with Crippen molar-refractivity contribution in [2.24, 2.45) is 5.92 Å². The highest BCUT2D eigenvalue weighted by Crippen LogP contribution is 2.15. The average molecular weight is 293 g/mol. The summed E-state index contributed by atoms with van der Waals surface area (Å²) >= 11 is 0. The zero-order chi connectivity index (χ0) is 15.7. The maximum Gasteiger partial charge on any atom is 0.257 e. The summed E-state index contributed by atoms with van der Waals surface area (Å²) in [6, 6.07) is 3.63. The number of amides is 1. The third-order valence-electron chi connectivity index (χ3n) is 3.02. The molecule has 118 valence electrons. The monoisotopic (exact) mass is 293 g/mol. The lowest BCUT2D eigenvalue weighted by Gasteiger charge is -2.25. The van der Waals surface area contributed by atoms with E-state index in [2.05, 4.69) is 31.1 Å². The van der Waals surface area contributed by atoms with Crippen molar-refractivity contribution in [3.63, 3.8) is 0 Å². The molecule has 1 amide bonds. The van der Waals surface area contributed by atoms with Gasteiger partial charge in [-0.3, -0.25) is 4.79 Å². The van der Waals surface area contributed by atoms with Gasteiger partial charge in [-0.05, 0) is 24.5 Å². The van der Waals surface area contributed by atoms with Crippen LogP contribution in [0.3, 0.4) is 0 Å². The molecule has 0 bridgehead atoms. The number of ether oxygens (including phenoxy) is 1. The molecule has 0 atom stereocenters. The van der Waals surface area contributed by atoms with Crippen LogP contribution in [0.4, 0.5) is 5.82 Å². The van der Waals surface area contributed by atoms with Gasteiger partial charge in [0.2, 0.25) is 0 Å². The molecule has 1 heterocycles. The number of rotatable bonds is 9. The predicted octanol–water partition coefficient (Wildman–Crippen LogP) is 2.65. The molecule has 0 spiro atoms. The van der Waals surface area contributed by atoms with Crippen LogP contribution in [0.2, 0.25) is 0 Å². The van der Waals surface area contributed by atoms with Crippen LogP contribution in [-0.2, 0) is 4.74 Å². The number of carbonyl (C=O) groups is 1. The number of hydrogen-bond acceptors (Lipinski definition) is 4. The molecule has 0 aromatic carbocycles. The largest absolute Gasteiger partial charge is 0.383 e. The van der Waals surface area contributed by atoms with Crippen LogP contribution in [0.1, 0.15) is 37.6 Å². The Hall–Kier alpha value is -1.62. The fourth-order valence-corrected chi connectivity index (χ4v) is 2.05. The van der Waals surface area contributed by atoms with E-state index in [0.29, 0.717) is 37.0 Å². The van der Waals surface area contributed by atoms with Crippen molar-refractivity contribution in [2.45, 2.75) is 27.2 Å². The summed E-state index contributed by atoms with van der Waals surface area (Å²) in [5.74, 6) is 1.08. The molecule has 21 heavy (non-hydrogen) atoms. The van der Waals surface area contributed by atoms with Crippen molar-refractivity contribution >= 4 is 11.7 Å². The molecule has 1 rings (SSSR count). The van der Waals surface area contributed by atoms with Crippen molar-refractivity contribution in [3.8, 4) is 0 Å². The number of aromatic nitrogens is 1. The van der Waals surface area contributed by atoms with Gasteiger partial charge in [-0.25, -0.2) is 4.98 Å². The predicted molar refractivity (Wildman–Crippen MR) is 85.6 cm³/mol. The van der Waals surface area contributed by atoms with E-state index in [0.717, 1.165) is 13.0 Å². The number of carbonyl (C=O) groups excluding carboxylic acids is 1. The van der Waals surface area contributed by atoms with Crippen molar-refractivity contribution in [1.82, 2.24) is 9.88 Å². The number of anilines is 1. The van der Waals surface area contributed by atoms with Gasteiger partial charge in [-0.1, -0.05) is 20.8 Å². The van der Waals surface area contributed by atoms with Gasteiger partial charge >= 0.3 is 0 Å². The molecule has 0 fully saturated rings. The van der Waals surface area contributed by atoms with E-state index in [1.165, 1.54) is 0 Å². The van der Waals surface area contributed by atoms with Crippen LogP contribution < -0.4 is 5.32 Å². The molecular weight excluding hydrogens is 266 g/mol. The molecule has 0 aliphatic heterocycles. The summed E-state index contributed by atoms with van der Waals surface area (Å²) in [4.78, 5) is 18.9. The van der Waals surface area contributed by atoms with E-state index in [1.807, 2.05) is 11.0 Å². The zero-order valence-corrected chi connectivity index (χ0v) is 13.6. The summed E-state index contributed by atoms with van der Waals surface area (Å²) in [5.41, 5.74) is 0.628. The molecule has 0 radical (unpaired) electrons. The van der Waals surface area contributed by atoms with Gasteiger partial charge in [-0.2, -0.15) is 0 Å². The van der Waals surface area contributed by atoms with Gasteiger partial charge in [0.05, 0.1) is 12.2 Å². The van der Waals surface area contributed by atoms with Crippen LogP contribution in [0.25, 0.3) is 0 Å². The highest BCUT2D eigenvalue weighted by atomic mass is 16.5. The van der Waals surface area contributed by atoms with Crippen LogP contribution in [0, 0.1) is 5.92 Å². The van der Waals surface area contributed by atoms with Crippen LogP contribution in [-0.4, -0.2) is 49.1 Å². The summed E-state index contributed by atoms with van der Waals surface area (Å²) in [7, 11) is 1.65. The minimum atomic E-state index is 0.00690. The molecule has 0 unspecified atom stereocenters. The van der Waals surface area contributed by atoms with Crippen LogP contribution >= 0.6 is 0 Å². The first-order chi connectivity index (χ1) is 10.1. The van der Waals surface area contributed by atoms with Gasteiger partial charge in [0.15, 0.2) is 0 Å². The molecule has 1 aromatic rings. The normalized spacial score (nSPS) is 10.7. The summed E-state index contributed by atoms with van der Waals surface area (Å²) in [5, 5.41) is 3.22. The minimum absolute atomic E-state index is 0.00690. The fraction of sp³-hybridized carbons (Fsp3) is 0.625. The van der Waals surface area contributed by atoms with Crippen molar-refractivity contribution in [2.75, 3.05) is 38.7 Å². The summed E-state index contributed by atoms with van der Waals surface area (Å²) < 4.78 is 5.11. The Bertz CT molecular complexity index is 435. The molecule has 1 N–H and O–H groups in total. The Morgan fingerprint density at radius 1 is 1.48 bits per heavy atom.